The fraction of sp³-hybridized carbons (Fsp3) is 0.800. The maximum Gasteiger partial charge on any atom is -0.0351 e. The van der Waals surface area contributed by atoms with Gasteiger partial charge in [0.05, 0.1) is 0 Å². The third-order valence-electron chi connectivity index (χ3n) is 4.32. The van der Waals surface area contributed by atoms with E-state index in [1.807, 2.05) is 0 Å². The van der Waals surface area contributed by atoms with Gasteiger partial charge in [-0.1, -0.05) is 75.7 Å². The minimum absolute atomic E-state index is 1.29. The van der Waals surface area contributed by atoms with E-state index in [0.29, 0.717) is 0 Å². The third kappa shape index (κ3) is 12.5. The molecule has 1 aliphatic carbocycles. The molecule has 0 unspecified atom stereocenters. The molecule has 0 bridgehead atoms. The Hall–Kier alpha value is -0.520. The smallest absolute Gasteiger partial charge is 0.0351 e. The van der Waals surface area contributed by atoms with Crippen molar-refractivity contribution in [3.05, 3.63) is 24.3 Å². The molecule has 20 heavy (non-hydrogen) atoms. The van der Waals surface area contributed by atoms with E-state index in [2.05, 4.69) is 24.3 Å². The van der Waals surface area contributed by atoms with E-state index in [1.54, 1.807) is 0 Å². The molecular formula is C20H36. The monoisotopic (exact) mass is 276 g/mol. The number of rotatable bonds is 0. The highest BCUT2D eigenvalue weighted by Crippen LogP contribution is 2.13. The summed E-state index contributed by atoms with van der Waals surface area (Å²) in [5.41, 5.74) is 0. The van der Waals surface area contributed by atoms with Crippen molar-refractivity contribution in [3.63, 3.8) is 0 Å². The molecule has 0 aliphatic heterocycles. The van der Waals surface area contributed by atoms with E-state index >= 15 is 0 Å². The maximum absolute atomic E-state index is 2.41. The normalized spacial score (nSPS) is 25.6. The minimum atomic E-state index is 1.29. The number of hydrogen-bond acceptors (Lipinski definition) is 0. The van der Waals surface area contributed by atoms with Gasteiger partial charge >= 0.3 is 0 Å². The molecule has 0 saturated carbocycles. The average molecular weight is 277 g/mol. The van der Waals surface area contributed by atoms with Crippen molar-refractivity contribution in [2.45, 2.75) is 103 Å². The summed E-state index contributed by atoms with van der Waals surface area (Å²) >= 11 is 0. The van der Waals surface area contributed by atoms with Crippen LogP contribution < -0.4 is 0 Å². The molecule has 0 amide bonds. The molecule has 0 aromatic rings. The van der Waals surface area contributed by atoms with Gasteiger partial charge in [-0.15, -0.1) is 0 Å². The van der Waals surface area contributed by atoms with Gasteiger partial charge < -0.3 is 0 Å². The Morgan fingerprint density at radius 3 is 0.750 bits per heavy atom. The lowest BCUT2D eigenvalue weighted by molar-refractivity contribution is 0.553. The Morgan fingerprint density at radius 2 is 0.450 bits per heavy atom. The van der Waals surface area contributed by atoms with E-state index in [-0.39, 0.29) is 0 Å². The van der Waals surface area contributed by atoms with E-state index in [4.69, 9.17) is 0 Å². The zero-order valence-electron chi connectivity index (χ0n) is 13.6. The van der Waals surface area contributed by atoms with Gasteiger partial charge in [0.25, 0.3) is 0 Å². The fourth-order valence-corrected chi connectivity index (χ4v) is 2.93. The molecule has 0 spiro atoms. The number of hydrogen-bond donors (Lipinski definition) is 0. The first-order chi connectivity index (χ1) is 10.0. The second kappa shape index (κ2) is 14.9. The van der Waals surface area contributed by atoms with Crippen LogP contribution in [0.25, 0.3) is 0 Å². The molecule has 0 aromatic heterocycles. The molecule has 0 nitrogen and oxygen atoms in total. The van der Waals surface area contributed by atoms with Crippen LogP contribution in [0.4, 0.5) is 0 Å². The summed E-state index contributed by atoms with van der Waals surface area (Å²) in [4.78, 5) is 0. The zero-order valence-corrected chi connectivity index (χ0v) is 13.6. The summed E-state index contributed by atoms with van der Waals surface area (Å²) < 4.78 is 0. The van der Waals surface area contributed by atoms with Gasteiger partial charge in [-0.05, 0) is 51.4 Å². The van der Waals surface area contributed by atoms with E-state index in [0.717, 1.165) is 0 Å². The molecule has 0 N–H and O–H groups in total. The van der Waals surface area contributed by atoms with Crippen LogP contribution in [0, 0.1) is 0 Å². The second-order valence-electron chi connectivity index (χ2n) is 6.34. The van der Waals surface area contributed by atoms with Crippen LogP contribution in [0.5, 0.6) is 0 Å². The van der Waals surface area contributed by atoms with Crippen LogP contribution >= 0.6 is 0 Å². The van der Waals surface area contributed by atoms with Gasteiger partial charge in [0.1, 0.15) is 0 Å². The first-order valence-electron chi connectivity index (χ1n) is 9.30. The number of allylic oxidation sites excluding steroid dienone is 4. The van der Waals surface area contributed by atoms with Gasteiger partial charge in [0.15, 0.2) is 0 Å². The average Bonchev–Trinajstić information content (AvgIpc) is 2.46. The Kier molecular flexibility index (Phi) is 13.0. The lowest BCUT2D eigenvalue weighted by Crippen LogP contribution is -1.82. The van der Waals surface area contributed by atoms with Crippen LogP contribution in [0.2, 0.25) is 0 Å². The summed E-state index contributed by atoms with van der Waals surface area (Å²) in [5.74, 6) is 0. The molecule has 0 atom stereocenters. The van der Waals surface area contributed by atoms with Gasteiger partial charge in [-0.2, -0.15) is 0 Å². The Labute approximate surface area is 127 Å². The van der Waals surface area contributed by atoms with E-state index < -0.39 is 0 Å². The SMILES string of the molecule is C1=C\CCCCCCCCCCCC/C=C\CCCC/1. The van der Waals surface area contributed by atoms with Crippen LogP contribution in [0.1, 0.15) is 103 Å². The van der Waals surface area contributed by atoms with Crippen molar-refractivity contribution >= 4 is 0 Å². The molecule has 1 rings (SSSR count). The van der Waals surface area contributed by atoms with Crippen LogP contribution in [-0.4, -0.2) is 0 Å². The molecule has 0 heterocycles. The largest absolute Gasteiger partial charge is 0.0885 e. The summed E-state index contributed by atoms with van der Waals surface area (Å²) in [6.07, 6.45) is 32.0. The van der Waals surface area contributed by atoms with E-state index in [9.17, 15) is 0 Å². The molecule has 1 aliphatic rings. The second-order valence-corrected chi connectivity index (χ2v) is 6.34. The predicted octanol–water partition coefficient (Wildman–Crippen LogP) is 7.35. The van der Waals surface area contributed by atoms with Gasteiger partial charge in [-0.3, -0.25) is 0 Å². The highest BCUT2D eigenvalue weighted by atomic mass is 14.0. The van der Waals surface area contributed by atoms with Crippen LogP contribution in [0.15, 0.2) is 24.3 Å². The standard InChI is InChI=1S/C20H36/c1-2-4-6-8-10-12-14-16-18-20-19-17-15-13-11-9-7-5-3-1/h1-2,11,13H,3-10,12,14-20H2/b2-1-,13-11-. The first kappa shape index (κ1) is 17.5. The molecule has 0 fully saturated rings. The van der Waals surface area contributed by atoms with Crippen LogP contribution in [0.3, 0.4) is 0 Å². The highest BCUT2D eigenvalue weighted by molar-refractivity contribution is 4.84. The molecule has 0 radical (unpaired) electrons. The molecule has 0 heteroatoms. The Morgan fingerprint density at radius 1 is 0.250 bits per heavy atom. The summed E-state index contributed by atoms with van der Waals surface area (Å²) in [6, 6.07) is 0. The van der Waals surface area contributed by atoms with Crippen molar-refractivity contribution in [3.8, 4) is 0 Å². The predicted molar refractivity (Wildman–Crippen MR) is 92.2 cm³/mol. The molecular weight excluding hydrogens is 240 g/mol. The summed E-state index contributed by atoms with van der Waals surface area (Å²) in [7, 11) is 0. The minimum Gasteiger partial charge on any atom is -0.0885 e. The van der Waals surface area contributed by atoms with Gasteiger partial charge in [0.2, 0.25) is 0 Å². The maximum atomic E-state index is 2.41. The van der Waals surface area contributed by atoms with Crippen molar-refractivity contribution in [1.82, 2.24) is 0 Å². The highest BCUT2D eigenvalue weighted by Gasteiger charge is 1.93. The quantitative estimate of drug-likeness (QED) is 0.405. The third-order valence-corrected chi connectivity index (χ3v) is 4.32. The Bertz CT molecular complexity index is 210. The van der Waals surface area contributed by atoms with E-state index in [1.165, 1.54) is 103 Å². The van der Waals surface area contributed by atoms with Crippen molar-refractivity contribution in [2.24, 2.45) is 0 Å². The summed E-state index contributed by atoms with van der Waals surface area (Å²) in [5, 5.41) is 0. The summed E-state index contributed by atoms with van der Waals surface area (Å²) in [6.45, 7) is 0. The molecule has 116 valence electrons. The van der Waals surface area contributed by atoms with Crippen molar-refractivity contribution in [1.29, 1.82) is 0 Å². The van der Waals surface area contributed by atoms with Gasteiger partial charge in [0, 0.05) is 0 Å². The lowest BCUT2D eigenvalue weighted by Gasteiger charge is -2.02. The first-order valence-corrected chi connectivity index (χ1v) is 9.30. The fourth-order valence-electron chi connectivity index (χ4n) is 2.93. The van der Waals surface area contributed by atoms with Gasteiger partial charge in [-0.25, -0.2) is 0 Å². The topological polar surface area (TPSA) is 0 Å². The van der Waals surface area contributed by atoms with Crippen molar-refractivity contribution in [2.75, 3.05) is 0 Å². The Balaban J connectivity index is 2.11. The van der Waals surface area contributed by atoms with Crippen LogP contribution in [-0.2, 0) is 0 Å². The molecule has 0 aromatic carbocycles. The van der Waals surface area contributed by atoms with Crippen molar-refractivity contribution < 1.29 is 0 Å². The lowest BCUT2D eigenvalue weighted by atomic mass is 10.0. The zero-order chi connectivity index (χ0) is 14.1. The molecule has 0 saturated heterocycles.